The lowest BCUT2D eigenvalue weighted by Crippen LogP contribution is -2.31. The van der Waals surface area contributed by atoms with Gasteiger partial charge in [0.05, 0.1) is 12.3 Å². The van der Waals surface area contributed by atoms with Crippen LogP contribution < -0.4 is 20.5 Å². The summed E-state index contributed by atoms with van der Waals surface area (Å²) in [4.78, 5) is 27.3. The molecule has 8 nitrogen and oxygen atoms in total. The summed E-state index contributed by atoms with van der Waals surface area (Å²) in [6, 6.07) is 16.8. The number of nitrogens with one attached hydrogen (secondary N) is 1. The summed E-state index contributed by atoms with van der Waals surface area (Å²) in [5, 5.41) is 7.39. The lowest BCUT2D eigenvalue weighted by molar-refractivity contribution is 0.0952. The zero-order valence-corrected chi connectivity index (χ0v) is 19.0. The minimum atomic E-state index is -0.170. The predicted octanol–water partition coefficient (Wildman–Crippen LogP) is 3.06. The third kappa shape index (κ3) is 4.90. The van der Waals surface area contributed by atoms with Crippen LogP contribution in [0.1, 0.15) is 17.3 Å². The molecule has 0 unspecified atom stereocenters. The van der Waals surface area contributed by atoms with Crippen LogP contribution in [-0.2, 0) is 6.54 Å². The van der Waals surface area contributed by atoms with Crippen LogP contribution in [0.2, 0.25) is 0 Å². The lowest BCUT2D eigenvalue weighted by Gasteiger charge is -2.12. The van der Waals surface area contributed by atoms with E-state index >= 15 is 0 Å². The van der Waals surface area contributed by atoms with Gasteiger partial charge in [0, 0.05) is 56.4 Å². The first-order chi connectivity index (χ1) is 16.0. The van der Waals surface area contributed by atoms with Crippen molar-refractivity contribution in [2.45, 2.75) is 13.5 Å². The van der Waals surface area contributed by atoms with E-state index in [1.807, 2.05) is 62.3 Å². The van der Waals surface area contributed by atoms with E-state index in [-0.39, 0.29) is 11.5 Å². The van der Waals surface area contributed by atoms with Gasteiger partial charge in [0.1, 0.15) is 11.3 Å². The van der Waals surface area contributed by atoms with Gasteiger partial charge in [0.25, 0.3) is 11.5 Å². The van der Waals surface area contributed by atoms with Crippen molar-refractivity contribution in [2.75, 3.05) is 32.1 Å². The maximum absolute atomic E-state index is 12.9. The molecule has 0 aliphatic carbocycles. The zero-order valence-electron chi connectivity index (χ0n) is 19.0. The van der Waals surface area contributed by atoms with Gasteiger partial charge in [0.15, 0.2) is 0 Å². The number of nitrogens with zero attached hydrogens (tertiary/aromatic N) is 4. The molecule has 33 heavy (non-hydrogen) atoms. The van der Waals surface area contributed by atoms with E-state index in [1.54, 1.807) is 39.7 Å². The molecule has 0 fully saturated rings. The Morgan fingerprint density at radius 1 is 1.06 bits per heavy atom. The third-order valence-corrected chi connectivity index (χ3v) is 5.35. The Morgan fingerprint density at radius 3 is 2.45 bits per heavy atom. The Bertz CT molecular complexity index is 1300. The smallest absolute Gasteiger partial charge is 0.276 e. The first kappa shape index (κ1) is 22.1. The molecule has 0 atom stereocenters. The Balaban J connectivity index is 1.43. The molecule has 2 aromatic carbocycles. The van der Waals surface area contributed by atoms with Crippen molar-refractivity contribution in [2.24, 2.45) is 0 Å². The summed E-state index contributed by atoms with van der Waals surface area (Å²) in [6.07, 6.45) is 3.43. The molecular formula is C25H27N5O3. The molecule has 1 amide bonds. The molecule has 1 N–H and O–H groups in total. The Hall–Kier alpha value is -4.07. The molecule has 4 rings (SSSR count). The Labute approximate surface area is 192 Å². The first-order valence-corrected chi connectivity index (χ1v) is 10.8. The van der Waals surface area contributed by atoms with E-state index in [1.165, 1.54) is 0 Å². The third-order valence-electron chi connectivity index (χ3n) is 5.35. The average Bonchev–Trinajstić information content (AvgIpc) is 3.26. The molecule has 2 heterocycles. The van der Waals surface area contributed by atoms with Crippen molar-refractivity contribution in [1.29, 1.82) is 0 Å². The van der Waals surface area contributed by atoms with Crippen molar-refractivity contribution in [3.05, 3.63) is 82.9 Å². The van der Waals surface area contributed by atoms with E-state index < -0.39 is 0 Å². The fourth-order valence-corrected chi connectivity index (χ4v) is 3.53. The van der Waals surface area contributed by atoms with E-state index in [0.29, 0.717) is 36.5 Å². The SMILES string of the molecule is CCOc1ccc(-c2cc3c(=O)n(CCNC(=O)c4ccc(N(C)C)cc4)ccn3n2)cc1. The number of hydrogen-bond acceptors (Lipinski definition) is 5. The highest BCUT2D eigenvalue weighted by molar-refractivity contribution is 5.94. The molecule has 0 saturated heterocycles. The van der Waals surface area contributed by atoms with E-state index in [2.05, 4.69) is 10.4 Å². The number of carbonyl (C=O) groups excluding carboxylic acids is 1. The Morgan fingerprint density at radius 2 is 1.79 bits per heavy atom. The molecule has 0 aliphatic rings. The number of ether oxygens (including phenoxy) is 1. The molecule has 0 bridgehead atoms. The van der Waals surface area contributed by atoms with Crippen molar-refractivity contribution in [1.82, 2.24) is 19.5 Å². The molecular weight excluding hydrogens is 418 g/mol. The van der Waals surface area contributed by atoms with Crippen LogP contribution >= 0.6 is 0 Å². The normalized spacial score (nSPS) is 10.9. The maximum Gasteiger partial charge on any atom is 0.276 e. The highest BCUT2D eigenvalue weighted by Crippen LogP contribution is 2.22. The fraction of sp³-hybridized carbons (Fsp3) is 0.240. The van der Waals surface area contributed by atoms with Gasteiger partial charge < -0.3 is 19.5 Å². The van der Waals surface area contributed by atoms with E-state index in [9.17, 15) is 9.59 Å². The molecule has 0 aliphatic heterocycles. The van der Waals surface area contributed by atoms with Crippen molar-refractivity contribution in [3.8, 4) is 17.0 Å². The van der Waals surface area contributed by atoms with Crippen LogP contribution in [0.5, 0.6) is 5.75 Å². The van der Waals surface area contributed by atoms with Crippen LogP contribution in [-0.4, -0.2) is 47.3 Å². The van der Waals surface area contributed by atoms with Gasteiger partial charge in [-0.2, -0.15) is 5.10 Å². The number of rotatable bonds is 8. The second kappa shape index (κ2) is 9.60. The molecule has 0 spiro atoms. The van der Waals surface area contributed by atoms with Gasteiger partial charge in [0.2, 0.25) is 0 Å². The number of fused-ring (bicyclic) bond motifs is 1. The number of hydrogen-bond donors (Lipinski definition) is 1. The molecule has 4 aromatic rings. The van der Waals surface area contributed by atoms with Crippen molar-refractivity contribution >= 4 is 17.1 Å². The average molecular weight is 446 g/mol. The summed E-state index contributed by atoms with van der Waals surface area (Å²) >= 11 is 0. The predicted molar refractivity (Wildman–Crippen MR) is 129 cm³/mol. The summed E-state index contributed by atoms with van der Waals surface area (Å²) in [5.41, 5.74) is 3.54. The number of benzene rings is 2. The van der Waals surface area contributed by atoms with Gasteiger partial charge in [-0.05, 0) is 61.5 Å². The molecule has 8 heteroatoms. The second-order valence-electron chi connectivity index (χ2n) is 7.81. The highest BCUT2D eigenvalue weighted by Gasteiger charge is 2.10. The fourth-order valence-electron chi connectivity index (χ4n) is 3.53. The highest BCUT2D eigenvalue weighted by atomic mass is 16.5. The largest absolute Gasteiger partial charge is 0.494 e. The van der Waals surface area contributed by atoms with Gasteiger partial charge >= 0.3 is 0 Å². The number of aromatic nitrogens is 3. The molecule has 2 aromatic heterocycles. The van der Waals surface area contributed by atoms with Gasteiger partial charge in [-0.25, -0.2) is 4.52 Å². The standard InChI is InChI=1S/C25H27N5O3/c1-4-33-21-11-7-18(8-12-21)22-17-23-25(32)29(15-16-30(23)27-22)14-13-26-24(31)19-5-9-20(10-6-19)28(2)3/h5-12,15-17H,4,13-14H2,1-3H3,(H,26,31). The molecule has 0 saturated carbocycles. The van der Waals surface area contributed by atoms with Gasteiger partial charge in [-0.3, -0.25) is 9.59 Å². The summed E-state index contributed by atoms with van der Waals surface area (Å²) in [5.74, 6) is 0.625. The van der Waals surface area contributed by atoms with Crippen LogP contribution in [0.15, 0.2) is 71.8 Å². The molecule has 0 radical (unpaired) electrons. The number of amides is 1. The van der Waals surface area contributed by atoms with E-state index in [4.69, 9.17) is 4.74 Å². The second-order valence-corrected chi connectivity index (χ2v) is 7.81. The van der Waals surface area contributed by atoms with Crippen LogP contribution in [0.3, 0.4) is 0 Å². The summed E-state index contributed by atoms with van der Waals surface area (Å²) in [7, 11) is 3.90. The zero-order chi connectivity index (χ0) is 23.4. The van der Waals surface area contributed by atoms with Crippen LogP contribution in [0.25, 0.3) is 16.8 Å². The van der Waals surface area contributed by atoms with Gasteiger partial charge in [-0.15, -0.1) is 0 Å². The van der Waals surface area contributed by atoms with E-state index in [0.717, 1.165) is 17.0 Å². The quantitative estimate of drug-likeness (QED) is 0.451. The monoisotopic (exact) mass is 445 g/mol. The van der Waals surface area contributed by atoms with Crippen molar-refractivity contribution in [3.63, 3.8) is 0 Å². The Kier molecular flexibility index (Phi) is 6.44. The summed E-state index contributed by atoms with van der Waals surface area (Å²) < 4.78 is 8.63. The van der Waals surface area contributed by atoms with Crippen LogP contribution in [0, 0.1) is 0 Å². The van der Waals surface area contributed by atoms with Gasteiger partial charge in [-0.1, -0.05) is 0 Å². The topological polar surface area (TPSA) is 80.9 Å². The summed E-state index contributed by atoms with van der Waals surface area (Å²) in [6.45, 7) is 3.25. The first-order valence-electron chi connectivity index (χ1n) is 10.8. The number of anilines is 1. The van der Waals surface area contributed by atoms with Crippen molar-refractivity contribution < 1.29 is 9.53 Å². The number of carbonyl (C=O) groups is 1. The minimum absolute atomic E-state index is 0.160. The maximum atomic E-state index is 12.9. The molecule has 170 valence electrons. The minimum Gasteiger partial charge on any atom is -0.494 e. The van der Waals surface area contributed by atoms with Crippen LogP contribution in [0.4, 0.5) is 5.69 Å². The lowest BCUT2D eigenvalue weighted by atomic mass is 10.1.